The molecule has 1 aliphatic carbocycles. The number of aliphatic hydroxyl groups is 1. The van der Waals surface area contributed by atoms with Crippen LogP contribution in [0, 0.1) is 6.08 Å². The van der Waals surface area contributed by atoms with Gasteiger partial charge in [-0.2, -0.15) is 0 Å². The van der Waals surface area contributed by atoms with E-state index in [0.717, 1.165) is 11.1 Å². The molecule has 1 unspecified atom stereocenters. The highest BCUT2D eigenvalue weighted by Crippen LogP contribution is 2.24. The largest absolute Gasteiger partial charge is 0.384 e. The number of fused-ring (bicyclic) bond motifs is 1. The molecule has 0 fully saturated rings. The van der Waals surface area contributed by atoms with Crippen molar-refractivity contribution < 1.29 is 5.11 Å². The molecule has 0 saturated heterocycles. The Balaban J connectivity index is 2.59. The Bertz CT molecular complexity index is 276. The average Bonchev–Trinajstić information content (AvgIpc) is 2.34. The van der Waals surface area contributed by atoms with E-state index in [-0.39, 0.29) is 0 Å². The van der Waals surface area contributed by atoms with Crippen molar-refractivity contribution >= 4 is 0 Å². The van der Waals surface area contributed by atoms with E-state index in [1.807, 2.05) is 24.3 Å². The Morgan fingerprint density at radius 3 is 2.90 bits per heavy atom. The van der Waals surface area contributed by atoms with Gasteiger partial charge in [-0.25, -0.2) is 0 Å². The summed E-state index contributed by atoms with van der Waals surface area (Å²) < 4.78 is 0. The van der Waals surface area contributed by atoms with E-state index in [9.17, 15) is 5.11 Å². The topological polar surface area (TPSA) is 20.2 Å². The molecule has 1 radical (unpaired) electrons. The molecule has 0 spiro atoms. The van der Waals surface area contributed by atoms with Crippen molar-refractivity contribution in [2.75, 3.05) is 0 Å². The van der Waals surface area contributed by atoms with E-state index in [2.05, 4.69) is 6.08 Å². The van der Waals surface area contributed by atoms with Crippen molar-refractivity contribution in [3.63, 3.8) is 0 Å². The van der Waals surface area contributed by atoms with Gasteiger partial charge in [0.1, 0.15) is 0 Å². The first kappa shape index (κ1) is 5.69. The minimum absolute atomic E-state index is 0.434. The highest BCUT2D eigenvalue weighted by Gasteiger charge is 2.12. The molecular weight excluding hydrogens is 124 g/mol. The third kappa shape index (κ3) is 0.677. The van der Waals surface area contributed by atoms with Gasteiger partial charge in [0.15, 0.2) is 0 Å². The molecule has 0 saturated carbocycles. The maximum atomic E-state index is 9.26. The zero-order chi connectivity index (χ0) is 6.97. The van der Waals surface area contributed by atoms with Crippen LogP contribution in [0.2, 0.25) is 0 Å². The van der Waals surface area contributed by atoms with E-state index < -0.39 is 6.10 Å². The Labute approximate surface area is 59.6 Å². The van der Waals surface area contributed by atoms with Gasteiger partial charge < -0.3 is 5.11 Å². The van der Waals surface area contributed by atoms with E-state index in [0.29, 0.717) is 0 Å². The second kappa shape index (κ2) is 1.96. The third-order valence-corrected chi connectivity index (χ3v) is 1.68. The van der Waals surface area contributed by atoms with E-state index in [1.165, 1.54) is 0 Å². The summed E-state index contributed by atoms with van der Waals surface area (Å²) in [7, 11) is 0. The lowest BCUT2D eigenvalue weighted by Crippen LogP contribution is -1.88. The molecule has 0 heterocycles. The fraction of sp³-hybridized carbons (Fsp3) is 0.111. The highest BCUT2D eigenvalue weighted by molar-refractivity contribution is 5.40. The molecule has 1 N–H and O–H groups in total. The summed E-state index contributed by atoms with van der Waals surface area (Å²) >= 11 is 0. The first-order valence-electron chi connectivity index (χ1n) is 3.25. The van der Waals surface area contributed by atoms with Gasteiger partial charge in [-0.1, -0.05) is 24.3 Å². The van der Waals surface area contributed by atoms with E-state index in [1.54, 1.807) is 6.08 Å². The molecule has 1 atom stereocenters. The van der Waals surface area contributed by atoms with Crippen LogP contribution in [0.15, 0.2) is 30.3 Å². The van der Waals surface area contributed by atoms with Crippen LogP contribution in [0.4, 0.5) is 0 Å². The van der Waals surface area contributed by atoms with Crippen LogP contribution >= 0.6 is 0 Å². The van der Waals surface area contributed by atoms with E-state index >= 15 is 0 Å². The standard InChI is InChI=1S/C9H7O/c10-9-6-5-7-3-1-2-4-8(7)9/h1-4,6,9-10H. The quantitative estimate of drug-likeness (QED) is 0.565. The number of hydrogen-bond acceptors (Lipinski definition) is 1. The summed E-state index contributed by atoms with van der Waals surface area (Å²) in [5.74, 6) is 0. The molecule has 2 rings (SSSR count). The molecule has 0 bridgehead atoms. The summed E-state index contributed by atoms with van der Waals surface area (Å²) in [6.45, 7) is 0. The van der Waals surface area contributed by atoms with Gasteiger partial charge >= 0.3 is 0 Å². The van der Waals surface area contributed by atoms with Crippen LogP contribution in [0.3, 0.4) is 0 Å². The number of hydrogen-bond donors (Lipinski definition) is 1. The molecule has 49 valence electrons. The molecular formula is C9H7O. The fourth-order valence-corrected chi connectivity index (χ4v) is 1.14. The molecule has 1 aliphatic rings. The number of rotatable bonds is 0. The molecule has 0 amide bonds. The summed E-state index contributed by atoms with van der Waals surface area (Å²) in [5.41, 5.74) is 1.97. The Hall–Kier alpha value is -1.08. The van der Waals surface area contributed by atoms with Crippen molar-refractivity contribution in [1.82, 2.24) is 0 Å². The second-order valence-electron chi connectivity index (χ2n) is 2.34. The number of aliphatic hydroxyl groups excluding tert-OH is 1. The summed E-state index contributed by atoms with van der Waals surface area (Å²) in [6.07, 6.45) is 4.21. The van der Waals surface area contributed by atoms with Crippen molar-refractivity contribution in [2.45, 2.75) is 6.10 Å². The summed E-state index contributed by atoms with van der Waals surface area (Å²) in [4.78, 5) is 0. The van der Waals surface area contributed by atoms with Crippen LogP contribution < -0.4 is 0 Å². The third-order valence-electron chi connectivity index (χ3n) is 1.68. The van der Waals surface area contributed by atoms with Crippen LogP contribution in [-0.2, 0) is 0 Å². The zero-order valence-corrected chi connectivity index (χ0v) is 5.41. The van der Waals surface area contributed by atoms with Gasteiger partial charge in [-0.3, -0.25) is 0 Å². The SMILES string of the molecule is OC1C=[C]c2ccccc21. The smallest absolute Gasteiger partial charge is 0.0986 e. The van der Waals surface area contributed by atoms with Crippen LogP contribution in [0.5, 0.6) is 0 Å². The fourth-order valence-electron chi connectivity index (χ4n) is 1.14. The average molecular weight is 131 g/mol. The van der Waals surface area contributed by atoms with Gasteiger partial charge in [-0.05, 0) is 23.3 Å². The normalized spacial score (nSPS) is 21.1. The monoisotopic (exact) mass is 131 g/mol. The molecule has 1 nitrogen and oxygen atoms in total. The van der Waals surface area contributed by atoms with Gasteiger partial charge in [0.05, 0.1) is 6.10 Å². The van der Waals surface area contributed by atoms with Crippen molar-refractivity contribution in [2.24, 2.45) is 0 Å². The maximum Gasteiger partial charge on any atom is 0.0986 e. The van der Waals surface area contributed by atoms with Crippen LogP contribution in [0.1, 0.15) is 17.2 Å². The van der Waals surface area contributed by atoms with Gasteiger partial charge in [-0.15, -0.1) is 0 Å². The second-order valence-corrected chi connectivity index (χ2v) is 2.34. The molecule has 1 aromatic carbocycles. The molecule has 0 aromatic heterocycles. The van der Waals surface area contributed by atoms with Crippen molar-refractivity contribution in [3.8, 4) is 0 Å². The van der Waals surface area contributed by atoms with E-state index in [4.69, 9.17) is 0 Å². The lowest BCUT2D eigenvalue weighted by molar-refractivity contribution is 0.231. The maximum absolute atomic E-state index is 9.26. The minimum atomic E-state index is -0.434. The minimum Gasteiger partial charge on any atom is -0.384 e. The molecule has 10 heavy (non-hydrogen) atoms. The predicted molar refractivity (Wildman–Crippen MR) is 38.3 cm³/mol. The Morgan fingerprint density at radius 2 is 2.10 bits per heavy atom. The predicted octanol–water partition coefficient (Wildman–Crippen LogP) is 1.44. The van der Waals surface area contributed by atoms with Crippen LogP contribution in [0.25, 0.3) is 0 Å². The lowest BCUT2D eigenvalue weighted by Gasteiger charge is -2.00. The van der Waals surface area contributed by atoms with Crippen LogP contribution in [-0.4, -0.2) is 5.11 Å². The highest BCUT2D eigenvalue weighted by atomic mass is 16.3. The Kier molecular flexibility index (Phi) is 1.11. The van der Waals surface area contributed by atoms with Gasteiger partial charge in [0.25, 0.3) is 0 Å². The zero-order valence-electron chi connectivity index (χ0n) is 5.41. The first-order chi connectivity index (χ1) is 4.88. The van der Waals surface area contributed by atoms with Gasteiger partial charge in [0.2, 0.25) is 0 Å². The first-order valence-corrected chi connectivity index (χ1v) is 3.25. The Morgan fingerprint density at radius 1 is 1.30 bits per heavy atom. The summed E-state index contributed by atoms with van der Waals surface area (Å²) in [5, 5.41) is 9.26. The molecule has 0 aliphatic heterocycles. The molecule has 1 aromatic rings. The number of benzene rings is 1. The van der Waals surface area contributed by atoms with Crippen molar-refractivity contribution in [3.05, 3.63) is 47.5 Å². The van der Waals surface area contributed by atoms with Crippen molar-refractivity contribution in [1.29, 1.82) is 0 Å². The van der Waals surface area contributed by atoms with Gasteiger partial charge in [0, 0.05) is 0 Å². The lowest BCUT2D eigenvalue weighted by atomic mass is 10.1. The summed E-state index contributed by atoms with van der Waals surface area (Å²) in [6, 6.07) is 7.72. The molecule has 1 heteroatoms.